The second-order valence-corrected chi connectivity index (χ2v) is 11.8. The van der Waals surface area contributed by atoms with E-state index in [1.807, 2.05) is 86.6 Å². The van der Waals surface area contributed by atoms with Gasteiger partial charge in [0.15, 0.2) is 0 Å². The Balaban J connectivity index is 1.95. The Kier molecular flexibility index (Phi) is 12.7. The minimum Gasteiger partial charge on any atom is -0.392 e. The fourth-order valence-electron chi connectivity index (χ4n) is 5.18. The molecule has 3 rings (SSSR count). The summed E-state index contributed by atoms with van der Waals surface area (Å²) in [5.74, 6) is -1.04. The highest BCUT2D eigenvalue weighted by Crippen LogP contribution is 2.21. The van der Waals surface area contributed by atoms with Gasteiger partial charge >= 0.3 is 0 Å². The fraction of sp³-hybridized carbons (Fsp3) is 0.417. The number of likely N-dealkylation sites (N-methyl/N-ethyl adjacent to an activating group) is 2. The van der Waals surface area contributed by atoms with Crippen molar-refractivity contribution in [3.63, 3.8) is 0 Å². The largest absolute Gasteiger partial charge is 0.392 e. The van der Waals surface area contributed by atoms with Gasteiger partial charge in [-0.15, -0.1) is 0 Å². The van der Waals surface area contributed by atoms with E-state index in [0.717, 1.165) is 34.7 Å². The minimum atomic E-state index is -0.874. The third-order valence-electron chi connectivity index (χ3n) is 8.50. The molecule has 3 aromatic carbocycles. The molecule has 44 heavy (non-hydrogen) atoms. The van der Waals surface area contributed by atoms with E-state index in [1.54, 1.807) is 27.1 Å². The molecule has 0 saturated carbocycles. The Morgan fingerprint density at radius 3 is 2.11 bits per heavy atom. The number of carbonyl (C=O) groups excluding carboxylic acids is 3. The summed E-state index contributed by atoms with van der Waals surface area (Å²) in [4.78, 5) is 44.1. The van der Waals surface area contributed by atoms with Crippen molar-refractivity contribution in [1.82, 2.24) is 15.1 Å². The van der Waals surface area contributed by atoms with Gasteiger partial charge in [-0.1, -0.05) is 92.7 Å². The van der Waals surface area contributed by atoms with Crippen LogP contribution in [0.3, 0.4) is 0 Å². The first kappa shape index (κ1) is 34.5. The van der Waals surface area contributed by atoms with Crippen LogP contribution in [0.2, 0.25) is 0 Å². The van der Waals surface area contributed by atoms with Crippen molar-refractivity contribution in [2.45, 2.75) is 76.6 Å². The lowest BCUT2D eigenvalue weighted by atomic mass is 9.90. The summed E-state index contributed by atoms with van der Waals surface area (Å²) >= 11 is 0. The van der Waals surface area contributed by atoms with Gasteiger partial charge in [-0.05, 0) is 54.2 Å². The molecule has 0 unspecified atom stereocenters. The highest BCUT2D eigenvalue weighted by Gasteiger charge is 2.35. The van der Waals surface area contributed by atoms with Crippen LogP contribution in [0.5, 0.6) is 0 Å². The summed E-state index contributed by atoms with van der Waals surface area (Å²) in [5.41, 5.74) is 7.83. The lowest BCUT2D eigenvalue weighted by molar-refractivity contribution is -0.146. The lowest BCUT2D eigenvalue weighted by Gasteiger charge is -2.34. The molecule has 3 aromatic rings. The highest BCUT2D eigenvalue weighted by molar-refractivity contribution is 5.95. The van der Waals surface area contributed by atoms with Crippen molar-refractivity contribution in [2.75, 3.05) is 20.6 Å². The molecule has 3 atom stereocenters. The zero-order valence-corrected chi connectivity index (χ0v) is 26.7. The molecule has 0 aliphatic heterocycles. The van der Waals surface area contributed by atoms with Crippen LogP contribution < -0.4 is 11.1 Å². The lowest BCUT2D eigenvalue weighted by Crippen LogP contribution is -2.56. The smallest absolute Gasteiger partial charge is 0.246 e. The molecule has 0 aromatic heterocycles. The number of nitrogens with two attached hydrogens (primary N) is 1. The minimum absolute atomic E-state index is 0.0635. The van der Waals surface area contributed by atoms with E-state index < -0.39 is 18.2 Å². The van der Waals surface area contributed by atoms with Crippen LogP contribution in [0.1, 0.15) is 51.2 Å². The first-order valence-corrected chi connectivity index (χ1v) is 15.4. The van der Waals surface area contributed by atoms with E-state index in [1.165, 1.54) is 15.9 Å². The number of aliphatic hydroxyl groups excluding tert-OH is 1. The van der Waals surface area contributed by atoms with Gasteiger partial charge in [-0.3, -0.25) is 14.4 Å². The fourth-order valence-corrected chi connectivity index (χ4v) is 5.18. The van der Waals surface area contributed by atoms with Crippen LogP contribution in [0.25, 0.3) is 10.8 Å². The number of benzene rings is 3. The molecule has 236 valence electrons. The summed E-state index contributed by atoms with van der Waals surface area (Å²) in [6.07, 6.45) is 5.20. The van der Waals surface area contributed by atoms with E-state index in [-0.39, 0.29) is 42.6 Å². The maximum absolute atomic E-state index is 14.3. The standard InChI is InChI=1S/C36H48N4O4/c1-6-36(37,7-2)21-13-18-33(42)39(4)32(24-28-19-20-29-16-11-12-17-30(29)22-28)35(44)40(5)31(34(43)38-25-26(3)41)23-27-14-9-8-10-15-27/h8-20,22,26,31-32,41H,6-7,21,23-25,37H2,1-5H3,(H,38,43)/b18-13+/t26-,31-,32-/m1/s1. The molecule has 0 heterocycles. The number of rotatable bonds is 15. The Morgan fingerprint density at radius 2 is 1.48 bits per heavy atom. The van der Waals surface area contributed by atoms with E-state index in [0.29, 0.717) is 6.42 Å². The number of hydrogen-bond acceptors (Lipinski definition) is 5. The van der Waals surface area contributed by atoms with E-state index in [4.69, 9.17) is 5.73 Å². The molecule has 0 radical (unpaired) electrons. The van der Waals surface area contributed by atoms with Gasteiger partial charge in [0, 0.05) is 39.0 Å². The monoisotopic (exact) mass is 600 g/mol. The molecular formula is C36H48N4O4. The Labute approximate surface area is 261 Å². The summed E-state index contributed by atoms with van der Waals surface area (Å²) < 4.78 is 0. The molecule has 0 bridgehead atoms. The van der Waals surface area contributed by atoms with Crippen LogP contribution in [-0.4, -0.2) is 77.0 Å². The molecule has 8 nitrogen and oxygen atoms in total. The van der Waals surface area contributed by atoms with Crippen molar-refractivity contribution in [1.29, 1.82) is 0 Å². The molecule has 0 fully saturated rings. The number of nitrogens with zero attached hydrogens (tertiary/aromatic N) is 2. The van der Waals surface area contributed by atoms with E-state index >= 15 is 0 Å². The van der Waals surface area contributed by atoms with Crippen LogP contribution in [-0.2, 0) is 27.2 Å². The van der Waals surface area contributed by atoms with Crippen molar-refractivity contribution < 1.29 is 19.5 Å². The first-order valence-electron chi connectivity index (χ1n) is 15.4. The van der Waals surface area contributed by atoms with Gasteiger partial charge in [0.25, 0.3) is 0 Å². The topological polar surface area (TPSA) is 116 Å². The molecule has 0 aliphatic rings. The predicted molar refractivity (Wildman–Crippen MR) is 177 cm³/mol. The van der Waals surface area contributed by atoms with Gasteiger partial charge in [0.05, 0.1) is 6.10 Å². The number of nitrogens with one attached hydrogen (secondary N) is 1. The van der Waals surface area contributed by atoms with Gasteiger partial charge in [0.2, 0.25) is 17.7 Å². The molecular weight excluding hydrogens is 552 g/mol. The molecule has 3 amide bonds. The summed E-state index contributed by atoms with van der Waals surface area (Å²) in [6.45, 7) is 5.71. The number of amides is 3. The zero-order valence-electron chi connectivity index (χ0n) is 26.7. The highest BCUT2D eigenvalue weighted by atomic mass is 16.3. The Bertz CT molecular complexity index is 1420. The maximum atomic E-state index is 14.3. The molecule has 0 aliphatic carbocycles. The van der Waals surface area contributed by atoms with Crippen LogP contribution in [0.15, 0.2) is 84.9 Å². The maximum Gasteiger partial charge on any atom is 0.246 e. The second-order valence-electron chi connectivity index (χ2n) is 11.8. The van der Waals surface area contributed by atoms with Crippen molar-refractivity contribution in [3.05, 3.63) is 96.1 Å². The first-order chi connectivity index (χ1) is 21.0. The predicted octanol–water partition coefficient (Wildman–Crippen LogP) is 4.24. The van der Waals surface area contributed by atoms with Crippen LogP contribution in [0.4, 0.5) is 0 Å². The number of aliphatic hydroxyl groups is 1. The molecule has 4 N–H and O–H groups in total. The van der Waals surface area contributed by atoms with Gasteiger partial charge in [-0.2, -0.15) is 0 Å². The quantitative estimate of drug-likeness (QED) is 0.226. The van der Waals surface area contributed by atoms with E-state index in [2.05, 4.69) is 5.32 Å². The summed E-state index contributed by atoms with van der Waals surface area (Å²) in [6, 6.07) is 21.8. The molecule has 0 spiro atoms. The van der Waals surface area contributed by atoms with Crippen molar-refractivity contribution >= 4 is 28.5 Å². The Morgan fingerprint density at radius 1 is 0.864 bits per heavy atom. The Hall–Kier alpha value is -4.01. The number of carbonyl (C=O) groups is 3. The molecule has 0 saturated heterocycles. The van der Waals surface area contributed by atoms with Gasteiger partial charge < -0.3 is 26.0 Å². The SMILES string of the molecule is CCC(N)(CC)C/C=C/C(=O)N(C)[C@H](Cc1ccc2ccccc2c1)C(=O)N(C)[C@H](Cc1ccccc1)C(=O)NC[C@@H](C)O. The number of fused-ring (bicyclic) bond motifs is 1. The third-order valence-corrected chi connectivity index (χ3v) is 8.50. The van der Waals surface area contributed by atoms with Crippen molar-refractivity contribution in [3.8, 4) is 0 Å². The average Bonchev–Trinajstić information content (AvgIpc) is 3.04. The van der Waals surface area contributed by atoms with Crippen LogP contribution >= 0.6 is 0 Å². The average molecular weight is 601 g/mol. The zero-order chi connectivity index (χ0) is 32.3. The van der Waals surface area contributed by atoms with Gasteiger partial charge in [0.1, 0.15) is 12.1 Å². The third kappa shape index (κ3) is 9.49. The van der Waals surface area contributed by atoms with E-state index in [9.17, 15) is 19.5 Å². The molecule has 8 heteroatoms. The summed E-state index contributed by atoms with van der Waals surface area (Å²) in [5, 5.41) is 14.7. The normalized spacial score (nSPS) is 13.8. The van der Waals surface area contributed by atoms with Crippen molar-refractivity contribution in [2.24, 2.45) is 5.73 Å². The second kappa shape index (κ2) is 16.2. The number of hydrogen-bond donors (Lipinski definition) is 3. The van der Waals surface area contributed by atoms with Gasteiger partial charge in [-0.25, -0.2) is 0 Å². The van der Waals surface area contributed by atoms with Crippen LogP contribution in [0, 0.1) is 0 Å². The summed E-state index contributed by atoms with van der Waals surface area (Å²) in [7, 11) is 3.23.